The van der Waals surface area contributed by atoms with E-state index in [0.717, 1.165) is 28.3 Å². The van der Waals surface area contributed by atoms with Crippen molar-refractivity contribution in [1.82, 2.24) is 5.32 Å². The molecule has 1 atom stereocenters. The van der Waals surface area contributed by atoms with E-state index >= 15 is 0 Å². The molecule has 0 aromatic heterocycles. The fraction of sp³-hybridized carbons (Fsp3) is 0.250. The molecule has 1 N–H and O–H groups in total. The number of hydrogen-bond donors (Lipinski definition) is 1. The van der Waals surface area contributed by atoms with E-state index in [1.54, 1.807) is 0 Å². The second-order valence-corrected chi connectivity index (χ2v) is 4.98. The van der Waals surface area contributed by atoms with Crippen molar-refractivity contribution >= 4 is 11.6 Å². The van der Waals surface area contributed by atoms with Gasteiger partial charge in [-0.2, -0.15) is 0 Å². The predicted octanol–water partition coefficient (Wildman–Crippen LogP) is 4.49. The first-order valence-electron chi connectivity index (χ1n) is 6.36. The number of halogens is 2. The summed E-state index contributed by atoms with van der Waals surface area (Å²) in [6, 6.07) is 12.5. The molecule has 0 radical (unpaired) electrons. The lowest BCUT2D eigenvalue weighted by atomic mass is 9.95. The van der Waals surface area contributed by atoms with Gasteiger partial charge in [-0.1, -0.05) is 36.7 Å². The van der Waals surface area contributed by atoms with Gasteiger partial charge in [0.1, 0.15) is 5.82 Å². The number of benzene rings is 2. The summed E-state index contributed by atoms with van der Waals surface area (Å²) in [5.74, 6) is -0.216. The minimum absolute atomic E-state index is 0.0582. The molecular formula is C16H17ClFN. The standard InChI is InChI=1S/C16H17ClFN/c1-3-19-16(12-4-7-14(18)8-5-12)15-9-6-13(17)10-11(15)2/h4-10,16,19H,3H2,1-2H3. The second kappa shape index (κ2) is 6.18. The lowest BCUT2D eigenvalue weighted by molar-refractivity contribution is 0.612. The first kappa shape index (κ1) is 14.0. The van der Waals surface area contributed by atoms with Crippen LogP contribution in [0.15, 0.2) is 42.5 Å². The second-order valence-electron chi connectivity index (χ2n) is 4.54. The van der Waals surface area contributed by atoms with Crippen LogP contribution in [0.5, 0.6) is 0 Å². The zero-order chi connectivity index (χ0) is 13.8. The lowest BCUT2D eigenvalue weighted by Gasteiger charge is -2.21. The van der Waals surface area contributed by atoms with E-state index < -0.39 is 0 Å². The molecule has 3 heteroatoms. The molecule has 2 rings (SSSR count). The first-order chi connectivity index (χ1) is 9.11. The summed E-state index contributed by atoms with van der Waals surface area (Å²) in [5, 5.41) is 4.16. The smallest absolute Gasteiger partial charge is 0.123 e. The fourth-order valence-electron chi connectivity index (χ4n) is 2.23. The van der Waals surface area contributed by atoms with Crippen molar-refractivity contribution in [2.75, 3.05) is 6.54 Å². The summed E-state index contributed by atoms with van der Waals surface area (Å²) in [6.07, 6.45) is 0. The Bertz CT molecular complexity index is 551. The van der Waals surface area contributed by atoms with Crippen molar-refractivity contribution in [3.8, 4) is 0 Å². The molecule has 0 saturated heterocycles. The van der Waals surface area contributed by atoms with E-state index in [1.165, 1.54) is 12.1 Å². The molecule has 0 aliphatic carbocycles. The maximum atomic E-state index is 13.0. The highest BCUT2D eigenvalue weighted by Gasteiger charge is 2.15. The van der Waals surface area contributed by atoms with Gasteiger partial charge in [-0.05, 0) is 54.4 Å². The van der Waals surface area contributed by atoms with Crippen LogP contribution in [-0.4, -0.2) is 6.54 Å². The minimum Gasteiger partial charge on any atom is -0.307 e. The van der Waals surface area contributed by atoms with Crippen LogP contribution in [0.4, 0.5) is 4.39 Å². The van der Waals surface area contributed by atoms with Crippen LogP contribution in [0.25, 0.3) is 0 Å². The van der Waals surface area contributed by atoms with Gasteiger partial charge < -0.3 is 5.32 Å². The van der Waals surface area contributed by atoms with Crippen molar-refractivity contribution in [3.63, 3.8) is 0 Å². The molecule has 0 heterocycles. The molecule has 2 aromatic carbocycles. The molecule has 0 aliphatic heterocycles. The molecule has 0 bridgehead atoms. The number of hydrogen-bond acceptors (Lipinski definition) is 1. The van der Waals surface area contributed by atoms with Crippen molar-refractivity contribution < 1.29 is 4.39 Å². The van der Waals surface area contributed by atoms with E-state index in [1.807, 2.05) is 37.3 Å². The summed E-state index contributed by atoms with van der Waals surface area (Å²) >= 11 is 6.00. The minimum atomic E-state index is -0.216. The van der Waals surface area contributed by atoms with E-state index in [-0.39, 0.29) is 11.9 Å². The van der Waals surface area contributed by atoms with Gasteiger partial charge in [0.05, 0.1) is 6.04 Å². The largest absolute Gasteiger partial charge is 0.307 e. The van der Waals surface area contributed by atoms with Crippen LogP contribution in [0.1, 0.15) is 29.7 Å². The normalized spacial score (nSPS) is 12.4. The van der Waals surface area contributed by atoms with Gasteiger partial charge in [-0.15, -0.1) is 0 Å². The van der Waals surface area contributed by atoms with Gasteiger partial charge in [0.2, 0.25) is 0 Å². The third-order valence-corrected chi connectivity index (χ3v) is 3.39. The summed E-state index contributed by atoms with van der Waals surface area (Å²) in [4.78, 5) is 0. The van der Waals surface area contributed by atoms with Crippen LogP contribution >= 0.6 is 11.6 Å². The molecule has 0 amide bonds. The monoisotopic (exact) mass is 277 g/mol. The lowest BCUT2D eigenvalue weighted by Crippen LogP contribution is -2.22. The molecule has 0 spiro atoms. The summed E-state index contributed by atoms with van der Waals surface area (Å²) in [7, 11) is 0. The third kappa shape index (κ3) is 3.34. The third-order valence-electron chi connectivity index (χ3n) is 3.15. The Kier molecular flexibility index (Phi) is 4.56. The number of rotatable bonds is 4. The van der Waals surface area contributed by atoms with Crippen molar-refractivity contribution in [2.45, 2.75) is 19.9 Å². The zero-order valence-electron chi connectivity index (χ0n) is 11.1. The molecule has 100 valence electrons. The van der Waals surface area contributed by atoms with E-state index in [2.05, 4.69) is 12.2 Å². The predicted molar refractivity (Wildman–Crippen MR) is 78.1 cm³/mol. The van der Waals surface area contributed by atoms with Crippen molar-refractivity contribution in [2.24, 2.45) is 0 Å². The van der Waals surface area contributed by atoms with Crippen molar-refractivity contribution in [3.05, 3.63) is 70.0 Å². The molecule has 0 aliphatic rings. The molecule has 0 fully saturated rings. The van der Waals surface area contributed by atoms with Crippen LogP contribution < -0.4 is 5.32 Å². The Morgan fingerprint density at radius 2 is 1.84 bits per heavy atom. The summed E-state index contributed by atoms with van der Waals surface area (Å²) in [6.45, 7) is 4.93. The number of nitrogens with one attached hydrogen (secondary N) is 1. The Labute approximate surface area is 118 Å². The highest BCUT2D eigenvalue weighted by Crippen LogP contribution is 2.27. The average molecular weight is 278 g/mol. The maximum Gasteiger partial charge on any atom is 0.123 e. The van der Waals surface area contributed by atoms with Gasteiger partial charge in [0, 0.05) is 5.02 Å². The van der Waals surface area contributed by atoms with Crippen LogP contribution in [0.3, 0.4) is 0 Å². The topological polar surface area (TPSA) is 12.0 Å². The van der Waals surface area contributed by atoms with Gasteiger partial charge in [0.25, 0.3) is 0 Å². The zero-order valence-corrected chi connectivity index (χ0v) is 11.8. The average Bonchev–Trinajstić information content (AvgIpc) is 2.38. The Balaban J connectivity index is 2.41. The Morgan fingerprint density at radius 1 is 1.16 bits per heavy atom. The van der Waals surface area contributed by atoms with Gasteiger partial charge >= 0.3 is 0 Å². The molecule has 1 unspecified atom stereocenters. The van der Waals surface area contributed by atoms with Gasteiger partial charge in [0.15, 0.2) is 0 Å². The van der Waals surface area contributed by atoms with Crippen LogP contribution in [-0.2, 0) is 0 Å². The highest BCUT2D eigenvalue weighted by molar-refractivity contribution is 6.30. The summed E-state index contributed by atoms with van der Waals surface area (Å²) < 4.78 is 13.0. The quantitative estimate of drug-likeness (QED) is 0.868. The molecule has 0 saturated carbocycles. The first-order valence-corrected chi connectivity index (χ1v) is 6.74. The molecule has 2 aromatic rings. The molecule has 19 heavy (non-hydrogen) atoms. The van der Waals surface area contributed by atoms with Crippen molar-refractivity contribution in [1.29, 1.82) is 0 Å². The van der Waals surface area contributed by atoms with E-state index in [4.69, 9.17) is 11.6 Å². The van der Waals surface area contributed by atoms with Gasteiger partial charge in [-0.3, -0.25) is 0 Å². The van der Waals surface area contributed by atoms with Gasteiger partial charge in [-0.25, -0.2) is 4.39 Å². The van der Waals surface area contributed by atoms with Crippen LogP contribution in [0, 0.1) is 12.7 Å². The highest BCUT2D eigenvalue weighted by atomic mass is 35.5. The molecular weight excluding hydrogens is 261 g/mol. The van der Waals surface area contributed by atoms with E-state index in [0.29, 0.717) is 0 Å². The van der Waals surface area contributed by atoms with E-state index in [9.17, 15) is 4.39 Å². The molecule has 1 nitrogen and oxygen atoms in total. The Morgan fingerprint density at radius 3 is 2.42 bits per heavy atom. The number of aryl methyl sites for hydroxylation is 1. The SMILES string of the molecule is CCNC(c1ccc(F)cc1)c1ccc(Cl)cc1C. The summed E-state index contributed by atoms with van der Waals surface area (Å²) in [5.41, 5.74) is 3.34. The maximum absolute atomic E-state index is 13.0. The fourth-order valence-corrected chi connectivity index (χ4v) is 2.46. The Hall–Kier alpha value is -1.38. The van der Waals surface area contributed by atoms with Crippen LogP contribution in [0.2, 0.25) is 5.02 Å².